The van der Waals surface area contributed by atoms with Gasteiger partial charge in [-0.15, -0.1) is 0 Å². The standard InChI is InChI=1S/C8H15F3N2.CH2O/c1-12-4-6-13(7-5-12)3-2-8(9,10)11;1-2/h2-7H2,1H3;1H2. The number of hydrogen-bond donors (Lipinski definition) is 0. The average molecular weight is 226 g/mol. The molecule has 1 aliphatic rings. The summed E-state index contributed by atoms with van der Waals surface area (Å²) in [4.78, 5) is 12.0. The van der Waals surface area contributed by atoms with Crippen LogP contribution >= 0.6 is 0 Å². The number of nitrogens with zero attached hydrogens (tertiary/aromatic N) is 2. The fraction of sp³-hybridized carbons (Fsp3) is 0.889. The van der Waals surface area contributed by atoms with Crippen LogP contribution in [0.5, 0.6) is 0 Å². The van der Waals surface area contributed by atoms with Gasteiger partial charge in [0.25, 0.3) is 0 Å². The van der Waals surface area contributed by atoms with E-state index in [1.807, 2.05) is 18.7 Å². The number of alkyl halides is 3. The molecule has 1 heterocycles. The number of carbonyl (C=O) groups excluding carboxylic acids is 1. The quantitative estimate of drug-likeness (QED) is 0.702. The summed E-state index contributed by atoms with van der Waals surface area (Å²) in [7, 11) is 1.99. The Labute approximate surface area is 87.8 Å². The van der Waals surface area contributed by atoms with Gasteiger partial charge in [-0.3, -0.25) is 0 Å². The molecule has 0 aromatic heterocycles. The minimum absolute atomic E-state index is 0.150. The fourth-order valence-electron chi connectivity index (χ4n) is 1.36. The molecule has 1 saturated heterocycles. The van der Waals surface area contributed by atoms with Crippen molar-refractivity contribution in [1.82, 2.24) is 9.80 Å². The van der Waals surface area contributed by atoms with Crippen LogP contribution in [0.4, 0.5) is 13.2 Å². The Morgan fingerprint density at radius 2 is 1.60 bits per heavy atom. The van der Waals surface area contributed by atoms with E-state index in [1.54, 1.807) is 0 Å². The van der Waals surface area contributed by atoms with Crippen molar-refractivity contribution in [2.24, 2.45) is 0 Å². The van der Waals surface area contributed by atoms with E-state index in [4.69, 9.17) is 4.79 Å². The topological polar surface area (TPSA) is 23.6 Å². The Morgan fingerprint density at radius 1 is 1.13 bits per heavy atom. The van der Waals surface area contributed by atoms with Crippen LogP contribution in [0.25, 0.3) is 0 Å². The van der Waals surface area contributed by atoms with Gasteiger partial charge in [0.15, 0.2) is 0 Å². The molecule has 0 saturated carbocycles. The first-order chi connectivity index (χ1) is 6.97. The van der Waals surface area contributed by atoms with Gasteiger partial charge in [0, 0.05) is 32.7 Å². The molecule has 0 atom stereocenters. The second-order valence-electron chi connectivity index (χ2n) is 3.51. The van der Waals surface area contributed by atoms with Gasteiger partial charge in [0.2, 0.25) is 0 Å². The Kier molecular flexibility index (Phi) is 6.51. The predicted octanol–water partition coefficient (Wildman–Crippen LogP) is 1.00. The highest BCUT2D eigenvalue weighted by Crippen LogP contribution is 2.19. The minimum atomic E-state index is -4.01. The molecule has 1 rings (SSSR count). The monoisotopic (exact) mass is 226 g/mol. The Hall–Kier alpha value is -0.620. The second kappa shape index (κ2) is 6.79. The summed E-state index contributed by atoms with van der Waals surface area (Å²) in [5.41, 5.74) is 0. The number of likely N-dealkylation sites (N-methyl/N-ethyl adjacent to an activating group) is 1. The number of carbonyl (C=O) groups is 1. The van der Waals surface area contributed by atoms with Crippen LogP contribution in [0.3, 0.4) is 0 Å². The number of halogens is 3. The Morgan fingerprint density at radius 3 is 2.00 bits per heavy atom. The lowest BCUT2D eigenvalue weighted by atomic mass is 10.3. The van der Waals surface area contributed by atoms with Crippen LogP contribution in [0.15, 0.2) is 0 Å². The largest absolute Gasteiger partial charge is 0.390 e. The summed E-state index contributed by atoms with van der Waals surface area (Å²) in [6.45, 7) is 5.41. The maximum atomic E-state index is 11.9. The van der Waals surface area contributed by atoms with Crippen molar-refractivity contribution in [3.8, 4) is 0 Å². The molecule has 6 heteroatoms. The zero-order chi connectivity index (χ0) is 11.9. The predicted molar refractivity (Wildman–Crippen MR) is 51.7 cm³/mol. The molecule has 0 aromatic rings. The van der Waals surface area contributed by atoms with E-state index in [-0.39, 0.29) is 6.54 Å². The highest BCUT2D eigenvalue weighted by Gasteiger charge is 2.28. The molecular formula is C9H17F3N2O. The van der Waals surface area contributed by atoms with Crippen LogP contribution < -0.4 is 0 Å². The van der Waals surface area contributed by atoms with Gasteiger partial charge in [-0.1, -0.05) is 0 Å². The van der Waals surface area contributed by atoms with Crippen molar-refractivity contribution < 1.29 is 18.0 Å². The third-order valence-electron chi connectivity index (χ3n) is 2.31. The molecule has 15 heavy (non-hydrogen) atoms. The van der Waals surface area contributed by atoms with E-state index < -0.39 is 12.6 Å². The molecule has 0 amide bonds. The summed E-state index contributed by atoms with van der Waals surface area (Å²) < 4.78 is 35.6. The molecule has 0 unspecified atom stereocenters. The lowest BCUT2D eigenvalue weighted by Gasteiger charge is -2.32. The van der Waals surface area contributed by atoms with Crippen molar-refractivity contribution >= 4 is 6.79 Å². The number of piperazine rings is 1. The lowest BCUT2D eigenvalue weighted by molar-refractivity contribution is -0.138. The first-order valence-corrected chi connectivity index (χ1v) is 4.74. The fourth-order valence-corrected chi connectivity index (χ4v) is 1.36. The molecule has 90 valence electrons. The van der Waals surface area contributed by atoms with E-state index >= 15 is 0 Å². The van der Waals surface area contributed by atoms with Crippen LogP contribution in [0.2, 0.25) is 0 Å². The summed E-state index contributed by atoms with van der Waals surface area (Å²) in [6, 6.07) is 0. The van der Waals surface area contributed by atoms with Crippen molar-refractivity contribution in [2.75, 3.05) is 39.8 Å². The molecule has 0 radical (unpaired) electrons. The average Bonchev–Trinajstić information content (AvgIpc) is 2.19. The number of hydrogen-bond acceptors (Lipinski definition) is 3. The van der Waals surface area contributed by atoms with E-state index in [2.05, 4.69) is 4.90 Å². The van der Waals surface area contributed by atoms with Crippen molar-refractivity contribution in [3.63, 3.8) is 0 Å². The molecular weight excluding hydrogens is 209 g/mol. The molecule has 0 spiro atoms. The Balaban J connectivity index is 0.000000921. The zero-order valence-electron chi connectivity index (χ0n) is 8.89. The summed E-state index contributed by atoms with van der Waals surface area (Å²) >= 11 is 0. The van der Waals surface area contributed by atoms with E-state index in [1.165, 1.54) is 0 Å². The highest BCUT2D eigenvalue weighted by molar-refractivity contribution is 5.10. The molecule has 3 nitrogen and oxygen atoms in total. The maximum Gasteiger partial charge on any atom is 0.390 e. The third-order valence-corrected chi connectivity index (χ3v) is 2.31. The van der Waals surface area contributed by atoms with E-state index in [0.717, 1.165) is 26.2 Å². The van der Waals surface area contributed by atoms with Crippen molar-refractivity contribution in [1.29, 1.82) is 0 Å². The third kappa shape index (κ3) is 7.33. The minimum Gasteiger partial charge on any atom is -0.307 e. The van der Waals surface area contributed by atoms with Gasteiger partial charge in [0.05, 0.1) is 6.42 Å². The van der Waals surface area contributed by atoms with Gasteiger partial charge in [0.1, 0.15) is 6.79 Å². The van der Waals surface area contributed by atoms with Crippen molar-refractivity contribution in [3.05, 3.63) is 0 Å². The van der Waals surface area contributed by atoms with Gasteiger partial charge < -0.3 is 14.6 Å². The SMILES string of the molecule is C=O.CN1CCN(CCC(F)(F)F)CC1. The Bertz CT molecular complexity index is 167. The first kappa shape index (κ1) is 14.4. The summed E-state index contributed by atoms with van der Waals surface area (Å²) in [6.07, 6.45) is -4.69. The molecule has 0 aromatic carbocycles. The second-order valence-corrected chi connectivity index (χ2v) is 3.51. The van der Waals surface area contributed by atoms with Crippen LogP contribution in [0.1, 0.15) is 6.42 Å². The van der Waals surface area contributed by atoms with E-state index in [9.17, 15) is 13.2 Å². The molecule has 1 fully saturated rings. The van der Waals surface area contributed by atoms with Crippen molar-refractivity contribution in [2.45, 2.75) is 12.6 Å². The van der Waals surface area contributed by atoms with Crippen LogP contribution in [-0.4, -0.2) is 62.5 Å². The smallest absolute Gasteiger partial charge is 0.307 e. The van der Waals surface area contributed by atoms with Gasteiger partial charge >= 0.3 is 6.18 Å². The van der Waals surface area contributed by atoms with Gasteiger partial charge in [-0.25, -0.2) is 0 Å². The maximum absolute atomic E-state index is 11.9. The number of rotatable bonds is 2. The molecule has 0 N–H and O–H groups in total. The highest BCUT2D eigenvalue weighted by atomic mass is 19.4. The summed E-state index contributed by atoms with van der Waals surface area (Å²) in [5, 5.41) is 0. The first-order valence-electron chi connectivity index (χ1n) is 4.74. The van der Waals surface area contributed by atoms with Gasteiger partial charge in [-0.05, 0) is 7.05 Å². The lowest BCUT2D eigenvalue weighted by Crippen LogP contribution is -2.45. The van der Waals surface area contributed by atoms with Crippen LogP contribution in [-0.2, 0) is 4.79 Å². The summed E-state index contributed by atoms with van der Waals surface area (Å²) in [5.74, 6) is 0. The molecule has 1 aliphatic heterocycles. The molecule has 0 aliphatic carbocycles. The normalized spacial score (nSPS) is 19.5. The zero-order valence-corrected chi connectivity index (χ0v) is 8.89. The van der Waals surface area contributed by atoms with E-state index in [0.29, 0.717) is 0 Å². The molecule has 0 bridgehead atoms. The van der Waals surface area contributed by atoms with Crippen LogP contribution in [0, 0.1) is 0 Å². The van der Waals surface area contributed by atoms with Gasteiger partial charge in [-0.2, -0.15) is 13.2 Å².